The summed E-state index contributed by atoms with van der Waals surface area (Å²) in [5.74, 6) is -0.778. The SMILES string of the molecule is COc1cc(Cl)c(C)cc1NC(=O)c1cc(S(=O)(=O)N(C)c2ccc(F)cc2)ccc1Cl. The van der Waals surface area contributed by atoms with E-state index >= 15 is 0 Å². The number of hydrogen-bond acceptors (Lipinski definition) is 4. The number of hydrogen-bond donors (Lipinski definition) is 1. The van der Waals surface area contributed by atoms with Crippen molar-refractivity contribution >= 4 is 50.5 Å². The zero-order valence-corrected chi connectivity index (χ0v) is 19.6. The molecule has 10 heteroatoms. The van der Waals surface area contributed by atoms with Crippen LogP contribution in [0.4, 0.5) is 15.8 Å². The number of carbonyl (C=O) groups excluding carboxylic acids is 1. The van der Waals surface area contributed by atoms with Crippen molar-refractivity contribution in [2.45, 2.75) is 11.8 Å². The maximum atomic E-state index is 13.2. The number of rotatable bonds is 6. The second-order valence-corrected chi connectivity index (χ2v) is 9.63. The van der Waals surface area contributed by atoms with Crippen molar-refractivity contribution in [1.29, 1.82) is 0 Å². The fourth-order valence-corrected chi connectivity index (χ4v) is 4.49. The zero-order chi connectivity index (χ0) is 23.6. The van der Waals surface area contributed by atoms with Gasteiger partial charge in [0.25, 0.3) is 15.9 Å². The highest BCUT2D eigenvalue weighted by Gasteiger charge is 2.24. The van der Waals surface area contributed by atoms with Crippen molar-refractivity contribution < 1.29 is 22.3 Å². The number of sulfonamides is 1. The monoisotopic (exact) mass is 496 g/mol. The van der Waals surface area contributed by atoms with Gasteiger partial charge in [0.1, 0.15) is 11.6 Å². The summed E-state index contributed by atoms with van der Waals surface area (Å²) in [5, 5.41) is 3.21. The molecule has 0 aliphatic carbocycles. The van der Waals surface area contributed by atoms with Gasteiger partial charge in [-0.15, -0.1) is 0 Å². The molecule has 3 aromatic rings. The van der Waals surface area contributed by atoms with Crippen molar-refractivity contribution in [3.63, 3.8) is 0 Å². The average molecular weight is 497 g/mol. The number of nitrogens with one attached hydrogen (secondary N) is 1. The minimum absolute atomic E-state index is 0.0464. The molecule has 0 saturated heterocycles. The van der Waals surface area contributed by atoms with Crippen LogP contribution in [-0.2, 0) is 10.0 Å². The van der Waals surface area contributed by atoms with Gasteiger partial charge in [0.15, 0.2) is 0 Å². The topological polar surface area (TPSA) is 75.7 Å². The van der Waals surface area contributed by atoms with Crippen molar-refractivity contribution in [3.8, 4) is 5.75 Å². The molecule has 6 nitrogen and oxygen atoms in total. The summed E-state index contributed by atoms with van der Waals surface area (Å²) < 4.78 is 45.6. The molecule has 0 saturated carbocycles. The molecular formula is C22H19Cl2FN2O4S. The van der Waals surface area contributed by atoms with Crippen LogP contribution in [0.1, 0.15) is 15.9 Å². The molecule has 0 aromatic heterocycles. The molecule has 0 spiro atoms. The van der Waals surface area contributed by atoms with Gasteiger partial charge in [0, 0.05) is 18.1 Å². The summed E-state index contributed by atoms with van der Waals surface area (Å²) in [4.78, 5) is 12.8. The Morgan fingerprint density at radius 2 is 1.69 bits per heavy atom. The van der Waals surface area contributed by atoms with E-state index in [0.717, 1.165) is 16.4 Å². The molecule has 32 heavy (non-hydrogen) atoms. The van der Waals surface area contributed by atoms with Crippen molar-refractivity contribution in [1.82, 2.24) is 0 Å². The highest BCUT2D eigenvalue weighted by Crippen LogP contribution is 2.32. The molecule has 168 valence electrons. The summed E-state index contributed by atoms with van der Waals surface area (Å²) in [6.07, 6.45) is 0. The Labute approximate surface area is 195 Å². The molecule has 0 atom stereocenters. The Hall–Kier alpha value is -2.81. The van der Waals surface area contributed by atoms with Crippen LogP contribution in [0.5, 0.6) is 5.75 Å². The Balaban J connectivity index is 1.96. The Morgan fingerprint density at radius 1 is 1.03 bits per heavy atom. The van der Waals surface area contributed by atoms with Crippen LogP contribution in [0.15, 0.2) is 59.5 Å². The second kappa shape index (κ2) is 9.36. The third kappa shape index (κ3) is 4.82. The van der Waals surface area contributed by atoms with Gasteiger partial charge in [-0.2, -0.15) is 0 Å². The molecule has 0 aliphatic heterocycles. The van der Waals surface area contributed by atoms with Crippen LogP contribution in [0.2, 0.25) is 10.0 Å². The predicted octanol–water partition coefficient (Wildman–Crippen LogP) is 5.53. The van der Waals surface area contributed by atoms with Gasteiger partial charge < -0.3 is 10.1 Å². The maximum Gasteiger partial charge on any atom is 0.264 e. The van der Waals surface area contributed by atoms with Gasteiger partial charge in [-0.05, 0) is 61.0 Å². The number of ether oxygens (including phenoxy) is 1. The minimum Gasteiger partial charge on any atom is -0.495 e. The number of anilines is 2. The number of carbonyl (C=O) groups is 1. The third-order valence-electron chi connectivity index (χ3n) is 4.76. The zero-order valence-electron chi connectivity index (χ0n) is 17.3. The van der Waals surface area contributed by atoms with E-state index in [-0.39, 0.29) is 21.2 Å². The van der Waals surface area contributed by atoms with E-state index in [0.29, 0.717) is 22.0 Å². The molecule has 0 aliphatic rings. The highest BCUT2D eigenvalue weighted by molar-refractivity contribution is 7.92. The molecule has 0 heterocycles. The lowest BCUT2D eigenvalue weighted by atomic mass is 10.1. The molecule has 0 bridgehead atoms. The quantitative estimate of drug-likeness (QED) is 0.486. The Morgan fingerprint density at radius 3 is 2.31 bits per heavy atom. The molecule has 3 aromatic carbocycles. The first-order valence-electron chi connectivity index (χ1n) is 9.24. The van der Waals surface area contributed by atoms with Gasteiger partial charge in [-0.1, -0.05) is 23.2 Å². The molecule has 0 fully saturated rings. The predicted molar refractivity (Wildman–Crippen MR) is 124 cm³/mol. The van der Waals surface area contributed by atoms with Crippen molar-refractivity contribution in [3.05, 3.63) is 81.6 Å². The molecule has 3 rings (SSSR count). The Bertz CT molecular complexity index is 1280. The van der Waals surface area contributed by atoms with E-state index in [2.05, 4.69) is 5.32 Å². The van der Waals surface area contributed by atoms with Gasteiger partial charge in [-0.3, -0.25) is 9.10 Å². The summed E-state index contributed by atoms with van der Waals surface area (Å²) in [7, 11) is -1.28. The molecule has 1 N–H and O–H groups in total. The minimum atomic E-state index is -4.05. The van der Waals surface area contributed by atoms with E-state index in [1.807, 2.05) is 0 Å². The molecule has 1 amide bonds. The number of amides is 1. The van der Waals surface area contributed by atoms with Crippen LogP contribution in [0.3, 0.4) is 0 Å². The van der Waals surface area contributed by atoms with Gasteiger partial charge >= 0.3 is 0 Å². The van der Waals surface area contributed by atoms with E-state index in [4.69, 9.17) is 27.9 Å². The van der Waals surface area contributed by atoms with Crippen LogP contribution < -0.4 is 14.4 Å². The average Bonchev–Trinajstić information content (AvgIpc) is 2.76. The summed E-state index contributed by atoms with van der Waals surface area (Å²) >= 11 is 12.3. The van der Waals surface area contributed by atoms with Crippen LogP contribution >= 0.6 is 23.2 Å². The first kappa shape index (κ1) is 23.8. The lowest BCUT2D eigenvalue weighted by Gasteiger charge is -2.20. The maximum absolute atomic E-state index is 13.2. The normalized spacial score (nSPS) is 11.2. The fourth-order valence-electron chi connectivity index (χ4n) is 2.91. The summed E-state index contributed by atoms with van der Waals surface area (Å²) in [6.45, 7) is 1.77. The lowest BCUT2D eigenvalue weighted by Crippen LogP contribution is -2.27. The third-order valence-corrected chi connectivity index (χ3v) is 7.28. The van der Waals surface area contributed by atoms with Crippen LogP contribution in [0.25, 0.3) is 0 Å². The smallest absolute Gasteiger partial charge is 0.264 e. The fraction of sp³-hybridized carbons (Fsp3) is 0.136. The van der Waals surface area contributed by atoms with E-state index in [1.165, 1.54) is 44.5 Å². The molecular weight excluding hydrogens is 478 g/mol. The van der Waals surface area contributed by atoms with Gasteiger partial charge in [-0.25, -0.2) is 12.8 Å². The molecule has 0 radical (unpaired) electrons. The van der Waals surface area contributed by atoms with Gasteiger partial charge in [0.05, 0.1) is 34.0 Å². The molecule has 0 unspecified atom stereocenters. The van der Waals surface area contributed by atoms with E-state index in [1.54, 1.807) is 19.1 Å². The number of nitrogens with zero attached hydrogens (tertiary/aromatic N) is 1. The first-order chi connectivity index (χ1) is 15.0. The van der Waals surface area contributed by atoms with Crippen molar-refractivity contribution in [2.24, 2.45) is 0 Å². The van der Waals surface area contributed by atoms with Crippen molar-refractivity contribution in [2.75, 3.05) is 23.8 Å². The van der Waals surface area contributed by atoms with Crippen LogP contribution in [-0.4, -0.2) is 28.5 Å². The van der Waals surface area contributed by atoms with E-state index < -0.39 is 21.7 Å². The summed E-state index contributed by atoms with van der Waals surface area (Å²) in [5.41, 5.74) is 1.28. The lowest BCUT2D eigenvalue weighted by molar-refractivity contribution is 0.102. The van der Waals surface area contributed by atoms with Crippen LogP contribution in [0, 0.1) is 12.7 Å². The number of halogens is 3. The van der Waals surface area contributed by atoms with E-state index in [9.17, 15) is 17.6 Å². The summed E-state index contributed by atoms with van der Waals surface area (Å²) in [6, 6.07) is 12.0. The largest absolute Gasteiger partial charge is 0.495 e. The number of methoxy groups -OCH3 is 1. The number of benzene rings is 3. The van der Waals surface area contributed by atoms with Gasteiger partial charge in [0.2, 0.25) is 0 Å². The first-order valence-corrected chi connectivity index (χ1v) is 11.4. The highest BCUT2D eigenvalue weighted by atomic mass is 35.5. The number of aryl methyl sites for hydroxylation is 1. The Kier molecular flexibility index (Phi) is 6.97. The standard InChI is InChI=1S/C22H19Cl2FN2O4S/c1-13-10-20(21(31-3)12-19(13)24)26-22(28)17-11-16(8-9-18(17)23)32(29,30)27(2)15-6-4-14(25)5-7-15/h4-12H,1-3H3,(H,26,28). The second-order valence-electron chi connectivity index (χ2n) is 6.85.